The van der Waals surface area contributed by atoms with Gasteiger partial charge in [-0.05, 0) is 43.3 Å². The smallest absolute Gasteiger partial charge is 0.281 e. The first-order chi connectivity index (χ1) is 12.1. The maximum absolute atomic E-state index is 12.9. The van der Waals surface area contributed by atoms with E-state index in [2.05, 4.69) is 10.2 Å². The molecule has 0 saturated carbocycles. The van der Waals surface area contributed by atoms with Crippen molar-refractivity contribution < 1.29 is 9.13 Å². The summed E-state index contributed by atoms with van der Waals surface area (Å²) in [6.45, 7) is 2.47. The zero-order chi connectivity index (χ0) is 17.4. The average molecular weight is 338 g/mol. The number of rotatable bonds is 4. The Morgan fingerprint density at radius 1 is 1.04 bits per heavy atom. The number of imidazole rings is 1. The summed E-state index contributed by atoms with van der Waals surface area (Å²) >= 11 is 0. The number of hydrogen-bond donors (Lipinski definition) is 0. The van der Waals surface area contributed by atoms with Crippen molar-refractivity contribution in [1.29, 1.82) is 0 Å². The summed E-state index contributed by atoms with van der Waals surface area (Å²) in [6.07, 6.45) is 0. The van der Waals surface area contributed by atoms with E-state index in [1.54, 1.807) is 23.5 Å². The molecule has 0 aliphatic rings. The fourth-order valence-electron chi connectivity index (χ4n) is 2.85. The first-order valence-corrected chi connectivity index (χ1v) is 7.87. The lowest BCUT2D eigenvalue weighted by Crippen LogP contribution is -2.20. The topological polar surface area (TPSA) is 61.4 Å². The fourth-order valence-corrected chi connectivity index (χ4v) is 2.85. The Balaban J connectivity index is 1.72. The molecule has 0 amide bonds. The van der Waals surface area contributed by atoms with Gasteiger partial charge in [0.2, 0.25) is 5.78 Å². The average Bonchev–Trinajstić information content (AvgIpc) is 2.94. The second-order valence-electron chi connectivity index (χ2n) is 5.67. The minimum Gasteiger partial charge on any atom is -0.492 e. The highest BCUT2D eigenvalue weighted by Gasteiger charge is 2.14. The van der Waals surface area contributed by atoms with Crippen LogP contribution in [0.3, 0.4) is 0 Å². The van der Waals surface area contributed by atoms with Crippen LogP contribution in [0.15, 0.2) is 53.3 Å². The van der Waals surface area contributed by atoms with Crippen LogP contribution in [0, 0.1) is 12.7 Å². The van der Waals surface area contributed by atoms with Gasteiger partial charge in [-0.15, -0.1) is 10.2 Å². The Morgan fingerprint density at radius 2 is 1.76 bits per heavy atom. The van der Waals surface area contributed by atoms with Crippen molar-refractivity contribution in [2.24, 2.45) is 0 Å². The number of fused-ring (bicyclic) bond motifs is 3. The summed E-state index contributed by atoms with van der Waals surface area (Å²) in [6, 6.07) is 13.4. The largest absolute Gasteiger partial charge is 0.492 e. The molecule has 0 atom stereocenters. The van der Waals surface area contributed by atoms with Crippen LogP contribution in [0.4, 0.5) is 4.39 Å². The lowest BCUT2D eigenvalue weighted by Gasteiger charge is -2.08. The van der Waals surface area contributed by atoms with Crippen molar-refractivity contribution >= 4 is 16.8 Å². The standard InChI is InChI=1S/C18H15FN4O2/c1-12-17(24)23-16-5-3-2-4-15(16)22(18(23)21-20-12)10-11-25-14-8-6-13(19)7-9-14/h2-9H,10-11H2,1H3. The van der Waals surface area contributed by atoms with E-state index in [0.29, 0.717) is 30.4 Å². The summed E-state index contributed by atoms with van der Waals surface area (Å²) in [7, 11) is 0. The van der Waals surface area contributed by atoms with Crippen molar-refractivity contribution in [3.8, 4) is 5.75 Å². The van der Waals surface area contributed by atoms with Gasteiger partial charge in [0.1, 0.15) is 23.9 Å². The minimum atomic E-state index is -0.306. The number of aryl methyl sites for hydroxylation is 1. The predicted octanol–water partition coefficient (Wildman–Crippen LogP) is 2.57. The molecule has 0 saturated heterocycles. The summed E-state index contributed by atoms with van der Waals surface area (Å²) in [4.78, 5) is 12.5. The van der Waals surface area contributed by atoms with E-state index in [9.17, 15) is 9.18 Å². The van der Waals surface area contributed by atoms with Gasteiger partial charge in [0, 0.05) is 0 Å². The van der Waals surface area contributed by atoms with Gasteiger partial charge in [0.15, 0.2) is 0 Å². The molecule has 0 aliphatic heterocycles. The van der Waals surface area contributed by atoms with Crippen molar-refractivity contribution in [3.63, 3.8) is 0 Å². The molecule has 0 aliphatic carbocycles. The molecule has 0 bridgehead atoms. The third kappa shape index (κ3) is 2.63. The van der Waals surface area contributed by atoms with Crippen LogP contribution in [-0.2, 0) is 6.54 Å². The number of para-hydroxylation sites is 2. The van der Waals surface area contributed by atoms with Crippen LogP contribution >= 0.6 is 0 Å². The molecule has 25 heavy (non-hydrogen) atoms. The van der Waals surface area contributed by atoms with Crippen molar-refractivity contribution in [1.82, 2.24) is 19.2 Å². The molecule has 2 heterocycles. The molecular formula is C18H15FN4O2. The van der Waals surface area contributed by atoms with E-state index in [1.165, 1.54) is 12.1 Å². The van der Waals surface area contributed by atoms with Gasteiger partial charge in [0.25, 0.3) is 5.56 Å². The molecule has 7 heteroatoms. The Labute approximate surface area is 142 Å². The zero-order valence-electron chi connectivity index (χ0n) is 13.5. The molecule has 126 valence electrons. The Morgan fingerprint density at radius 3 is 2.52 bits per heavy atom. The molecule has 0 spiro atoms. The number of nitrogens with zero attached hydrogens (tertiary/aromatic N) is 4. The van der Waals surface area contributed by atoms with E-state index >= 15 is 0 Å². The van der Waals surface area contributed by atoms with Crippen molar-refractivity contribution in [2.45, 2.75) is 13.5 Å². The quantitative estimate of drug-likeness (QED) is 0.574. The van der Waals surface area contributed by atoms with Crippen LogP contribution < -0.4 is 10.3 Å². The molecule has 2 aromatic carbocycles. The van der Waals surface area contributed by atoms with E-state index in [-0.39, 0.29) is 11.4 Å². The summed E-state index contributed by atoms with van der Waals surface area (Å²) in [5, 5.41) is 8.14. The van der Waals surface area contributed by atoms with Gasteiger partial charge in [-0.3, -0.25) is 4.79 Å². The van der Waals surface area contributed by atoms with Gasteiger partial charge < -0.3 is 9.30 Å². The van der Waals surface area contributed by atoms with E-state index < -0.39 is 0 Å². The molecule has 2 aromatic heterocycles. The highest BCUT2D eigenvalue weighted by atomic mass is 19.1. The third-order valence-corrected chi connectivity index (χ3v) is 4.05. The van der Waals surface area contributed by atoms with E-state index in [0.717, 1.165) is 11.0 Å². The lowest BCUT2D eigenvalue weighted by atomic mass is 10.3. The molecule has 0 radical (unpaired) electrons. The monoisotopic (exact) mass is 338 g/mol. The third-order valence-electron chi connectivity index (χ3n) is 4.05. The van der Waals surface area contributed by atoms with Crippen LogP contribution in [0.1, 0.15) is 5.69 Å². The van der Waals surface area contributed by atoms with E-state index in [1.807, 2.05) is 28.8 Å². The van der Waals surface area contributed by atoms with Gasteiger partial charge >= 0.3 is 0 Å². The summed E-state index contributed by atoms with van der Waals surface area (Å²) < 4.78 is 22.1. The first-order valence-electron chi connectivity index (χ1n) is 7.87. The number of aromatic nitrogens is 4. The van der Waals surface area contributed by atoms with Gasteiger partial charge in [-0.1, -0.05) is 12.1 Å². The van der Waals surface area contributed by atoms with Gasteiger partial charge in [-0.2, -0.15) is 0 Å². The Hall–Kier alpha value is -3.22. The Kier molecular flexibility index (Phi) is 3.68. The maximum atomic E-state index is 12.9. The molecular weight excluding hydrogens is 323 g/mol. The maximum Gasteiger partial charge on any atom is 0.281 e. The molecule has 0 unspecified atom stereocenters. The zero-order valence-corrected chi connectivity index (χ0v) is 13.5. The molecule has 4 aromatic rings. The van der Waals surface area contributed by atoms with Crippen molar-refractivity contribution in [2.75, 3.05) is 6.61 Å². The Bertz CT molecular complexity index is 1120. The highest BCUT2D eigenvalue weighted by Crippen LogP contribution is 2.18. The van der Waals surface area contributed by atoms with Gasteiger partial charge in [-0.25, -0.2) is 8.79 Å². The van der Waals surface area contributed by atoms with Crippen LogP contribution in [-0.4, -0.2) is 25.8 Å². The lowest BCUT2D eigenvalue weighted by molar-refractivity contribution is 0.301. The minimum absolute atomic E-state index is 0.181. The first kappa shape index (κ1) is 15.3. The van der Waals surface area contributed by atoms with Crippen molar-refractivity contribution in [3.05, 3.63) is 70.4 Å². The predicted molar refractivity (Wildman–Crippen MR) is 91.4 cm³/mol. The molecule has 0 fully saturated rings. The van der Waals surface area contributed by atoms with Gasteiger partial charge in [0.05, 0.1) is 17.6 Å². The molecule has 6 nitrogen and oxygen atoms in total. The fraction of sp³-hybridized carbons (Fsp3) is 0.167. The van der Waals surface area contributed by atoms with Crippen LogP contribution in [0.25, 0.3) is 16.8 Å². The van der Waals surface area contributed by atoms with Crippen LogP contribution in [0.2, 0.25) is 0 Å². The number of halogens is 1. The normalized spacial score (nSPS) is 11.3. The summed E-state index contributed by atoms with van der Waals surface area (Å²) in [5.41, 5.74) is 1.83. The highest BCUT2D eigenvalue weighted by molar-refractivity contribution is 5.80. The van der Waals surface area contributed by atoms with Crippen LogP contribution in [0.5, 0.6) is 5.75 Å². The number of ether oxygens (including phenoxy) is 1. The molecule has 4 rings (SSSR count). The molecule has 0 N–H and O–H groups in total. The van der Waals surface area contributed by atoms with E-state index in [4.69, 9.17) is 4.74 Å². The number of benzene rings is 2. The number of hydrogen-bond acceptors (Lipinski definition) is 4. The second-order valence-corrected chi connectivity index (χ2v) is 5.67. The summed E-state index contributed by atoms with van der Waals surface area (Å²) in [5.74, 6) is 0.750. The second kappa shape index (κ2) is 6.01. The SMILES string of the molecule is Cc1nnc2n(CCOc3ccc(F)cc3)c3ccccc3n2c1=O.